The summed E-state index contributed by atoms with van der Waals surface area (Å²) in [5.41, 5.74) is -0.389. The topological polar surface area (TPSA) is 66.4 Å². The molecule has 0 saturated heterocycles. The number of Topliss-reactive ketones (excluding diaryl/α,β-unsaturated/α-hetero) is 1. The third-order valence-corrected chi connectivity index (χ3v) is 2.42. The molecule has 1 aromatic carbocycles. The Morgan fingerprint density at radius 1 is 1.44 bits per heavy atom. The smallest absolute Gasteiger partial charge is 0.316 e. The molecule has 84 valence electrons. The van der Waals surface area contributed by atoms with Crippen molar-refractivity contribution in [3.05, 3.63) is 29.3 Å². The van der Waals surface area contributed by atoms with Crippen molar-refractivity contribution in [1.29, 1.82) is 0 Å². The van der Waals surface area contributed by atoms with Crippen LogP contribution in [0.15, 0.2) is 12.1 Å². The van der Waals surface area contributed by atoms with E-state index in [1.54, 1.807) is 0 Å². The number of benzene rings is 1. The maximum absolute atomic E-state index is 13.2. The van der Waals surface area contributed by atoms with Gasteiger partial charge in [-0.15, -0.1) is 0 Å². The Morgan fingerprint density at radius 2 is 2.12 bits per heavy atom. The second kappa shape index (κ2) is 3.55. The highest BCUT2D eigenvalue weighted by molar-refractivity contribution is 6.13. The molecule has 1 atom stereocenters. The lowest BCUT2D eigenvalue weighted by Gasteiger charge is -2.22. The summed E-state index contributed by atoms with van der Waals surface area (Å²) < 4.78 is 26.1. The largest absolute Gasteiger partial charge is 0.481 e. The highest BCUT2D eigenvalue weighted by atomic mass is 19.1. The van der Waals surface area contributed by atoms with Gasteiger partial charge >= 0.3 is 5.97 Å². The van der Waals surface area contributed by atoms with Gasteiger partial charge in [0.15, 0.2) is 5.78 Å². The van der Waals surface area contributed by atoms with E-state index in [9.17, 15) is 18.4 Å². The molecule has 2 N–H and O–H groups in total. The summed E-state index contributed by atoms with van der Waals surface area (Å²) in [6, 6.07) is 1.48. The summed E-state index contributed by atoms with van der Waals surface area (Å²) in [4.78, 5) is 22.3. The number of carboxylic acid groups (broad SMARTS) is 1. The molecule has 1 aromatic rings. The Balaban J connectivity index is 2.52. The number of fused-ring (bicyclic) bond motifs is 1. The van der Waals surface area contributed by atoms with Crippen LogP contribution in [0.5, 0.6) is 0 Å². The molecule has 0 bridgehead atoms. The van der Waals surface area contributed by atoms with Gasteiger partial charge in [0.1, 0.15) is 17.6 Å². The first-order valence-electron chi connectivity index (χ1n) is 4.50. The van der Waals surface area contributed by atoms with Gasteiger partial charge in [-0.2, -0.15) is 0 Å². The van der Waals surface area contributed by atoms with E-state index in [0.29, 0.717) is 6.07 Å². The van der Waals surface area contributed by atoms with Crippen LogP contribution >= 0.6 is 0 Å². The van der Waals surface area contributed by atoms with E-state index in [-0.39, 0.29) is 17.8 Å². The van der Waals surface area contributed by atoms with Crippen molar-refractivity contribution >= 4 is 17.4 Å². The average Bonchev–Trinajstić information content (AvgIpc) is 2.19. The number of ketones is 1. The first-order valence-corrected chi connectivity index (χ1v) is 4.50. The minimum Gasteiger partial charge on any atom is -0.481 e. The first kappa shape index (κ1) is 10.5. The monoisotopic (exact) mass is 227 g/mol. The van der Waals surface area contributed by atoms with Crippen LogP contribution in [0.1, 0.15) is 10.4 Å². The van der Waals surface area contributed by atoms with Crippen molar-refractivity contribution < 1.29 is 23.5 Å². The molecule has 4 nitrogen and oxygen atoms in total. The van der Waals surface area contributed by atoms with Crippen LogP contribution in [0.3, 0.4) is 0 Å². The van der Waals surface area contributed by atoms with E-state index in [0.717, 1.165) is 6.07 Å². The maximum atomic E-state index is 13.2. The van der Waals surface area contributed by atoms with Gasteiger partial charge in [-0.1, -0.05) is 0 Å². The highest BCUT2D eigenvalue weighted by Crippen LogP contribution is 2.28. The number of anilines is 1. The normalized spacial score (nSPS) is 18.9. The van der Waals surface area contributed by atoms with E-state index in [1.165, 1.54) is 0 Å². The Hall–Kier alpha value is -1.98. The van der Waals surface area contributed by atoms with Gasteiger partial charge in [0.05, 0.1) is 5.69 Å². The molecule has 0 saturated carbocycles. The zero-order chi connectivity index (χ0) is 11.9. The van der Waals surface area contributed by atoms with Gasteiger partial charge in [0, 0.05) is 18.2 Å². The number of carbonyl (C=O) groups is 2. The highest BCUT2D eigenvalue weighted by Gasteiger charge is 2.34. The second-order valence-electron chi connectivity index (χ2n) is 3.45. The van der Waals surface area contributed by atoms with Crippen molar-refractivity contribution in [2.75, 3.05) is 11.9 Å². The van der Waals surface area contributed by atoms with Crippen LogP contribution in [0.25, 0.3) is 0 Å². The van der Waals surface area contributed by atoms with Crippen molar-refractivity contribution in [3.8, 4) is 0 Å². The molecule has 1 aliphatic heterocycles. The maximum Gasteiger partial charge on any atom is 0.316 e. The van der Waals surface area contributed by atoms with E-state index < -0.39 is 29.3 Å². The van der Waals surface area contributed by atoms with E-state index >= 15 is 0 Å². The molecule has 1 heterocycles. The van der Waals surface area contributed by atoms with Crippen LogP contribution in [0, 0.1) is 17.6 Å². The summed E-state index contributed by atoms with van der Waals surface area (Å²) in [5, 5.41) is 11.2. The molecule has 16 heavy (non-hydrogen) atoms. The fraction of sp³-hybridized carbons (Fsp3) is 0.200. The third-order valence-electron chi connectivity index (χ3n) is 2.42. The number of nitrogens with one attached hydrogen (secondary N) is 1. The minimum absolute atomic E-state index is 0.135. The fourth-order valence-corrected chi connectivity index (χ4v) is 1.63. The second-order valence-corrected chi connectivity index (χ2v) is 3.45. The summed E-state index contributed by atoms with van der Waals surface area (Å²) in [6.45, 7) is -0.191. The van der Waals surface area contributed by atoms with Gasteiger partial charge in [-0.3, -0.25) is 9.59 Å². The Kier molecular flexibility index (Phi) is 2.34. The fourth-order valence-electron chi connectivity index (χ4n) is 1.63. The molecule has 1 unspecified atom stereocenters. The molecule has 0 aromatic heterocycles. The summed E-state index contributed by atoms with van der Waals surface area (Å²) in [6.07, 6.45) is 0. The van der Waals surface area contributed by atoms with Gasteiger partial charge < -0.3 is 10.4 Å². The predicted molar refractivity (Wildman–Crippen MR) is 50.3 cm³/mol. The van der Waals surface area contributed by atoms with E-state index in [4.69, 9.17) is 5.11 Å². The van der Waals surface area contributed by atoms with Crippen LogP contribution in [0.4, 0.5) is 14.5 Å². The Bertz CT molecular complexity index is 487. The molecule has 0 aliphatic carbocycles. The number of hydrogen-bond donors (Lipinski definition) is 2. The SMILES string of the molecule is O=C(O)C1CNc2c(F)cc(F)cc2C1=O. The van der Waals surface area contributed by atoms with E-state index in [2.05, 4.69) is 5.32 Å². The summed E-state index contributed by atoms with van der Waals surface area (Å²) >= 11 is 0. The molecule has 2 rings (SSSR count). The van der Waals surface area contributed by atoms with Crippen molar-refractivity contribution in [2.24, 2.45) is 5.92 Å². The zero-order valence-electron chi connectivity index (χ0n) is 7.96. The van der Waals surface area contributed by atoms with Gasteiger partial charge in [-0.05, 0) is 6.07 Å². The Labute approximate surface area is 88.9 Å². The standard InChI is InChI=1S/C10H7F2NO3/c11-4-1-5-8(7(12)2-4)13-3-6(9(5)14)10(15)16/h1-2,6,13H,3H2,(H,15,16). The van der Waals surface area contributed by atoms with E-state index in [1.807, 2.05) is 0 Å². The van der Waals surface area contributed by atoms with Crippen molar-refractivity contribution in [3.63, 3.8) is 0 Å². The number of rotatable bonds is 1. The molecule has 0 radical (unpaired) electrons. The van der Waals surface area contributed by atoms with Crippen LogP contribution < -0.4 is 5.32 Å². The lowest BCUT2D eigenvalue weighted by atomic mass is 9.92. The molecule has 6 heteroatoms. The number of carboxylic acids is 1. The van der Waals surface area contributed by atoms with Crippen LogP contribution in [0.2, 0.25) is 0 Å². The first-order chi connectivity index (χ1) is 7.50. The summed E-state index contributed by atoms with van der Waals surface area (Å²) in [7, 11) is 0. The number of aliphatic carboxylic acids is 1. The predicted octanol–water partition coefficient (Wildman–Crippen LogP) is 1.27. The lowest BCUT2D eigenvalue weighted by Crippen LogP contribution is -2.35. The molecular weight excluding hydrogens is 220 g/mol. The van der Waals surface area contributed by atoms with Gasteiger partial charge in [0.2, 0.25) is 0 Å². The number of hydrogen-bond acceptors (Lipinski definition) is 3. The molecular formula is C10H7F2NO3. The van der Waals surface area contributed by atoms with Crippen LogP contribution in [-0.2, 0) is 4.79 Å². The quantitative estimate of drug-likeness (QED) is 0.709. The van der Waals surface area contributed by atoms with Crippen LogP contribution in [-0.4, -0.2) is 23.4 Å². The van der Waals surface area contributed by atoms with Gasteiger partial charge in [-0.25, -0.2) is 8.78 Å². The Morgan fingerprint density at radius 3 is 2.75 bits per heavy atom. The summed E-state index contributed by atoms with van der Waals surface area (Å²) in [5.74, 6) is -5.19. The van der Waals surface area contributed by atoms with Crippen molar-refractivity contribution in [2.45, 2.75) is 0 Å². The average molecular weight is 227 g/mol. The molecule has 0 spiro atoms. The molecule has 0 amide bonds. The molecule has 0 fully saturated rings. The number of carbonyl (C=O) groups excluding carboxylic acids is 1. The zero-order valence-corrected chi connectivity index (χ0v) is 7.96. The number of halogens is 2. The minimum atomic E-state index is -1.31. The van der Waals surface area contributed by atoms with Gasteiger partial charge in [0.25, 0.3) is 0 Å². The van der Waals surface area contributed by atoms with Crippen molar-refractivity contribution in [1.82, 2.24) is 0 Å². The molecule has 1 aliphatic rings. The lowest BCUT2D eigenvalue weighted by molar-refractivity contribution is -0.139. The third kappa shape index (κ3) is 1.52.